The zero-order valence-electron chi connectivity index (χ0n) is 18.7. The molecule has 1 unspecified atom stereocenters. The topological polar surface area (TPSA) is 82.6 Å². The van der Waals surface area contributed by atoms with Crippen molar-refractivity contribution in [3.8, 4) is 0 Å². The van der Waals surface area contributed by atoms with Crippen LogP contribution >= 0.6 is 27.5 Å². The molecule has 6 nitrogen and oxygen atoms in total. The molecule has 4 rings (SSSR count). The molecular formula is C26H24BrClN4O2. The number of aliphatic imine (C=N–C) groups is 1. The number of amides is 3. The Balaban J connectivity index is 1.71. The fourth-order valence-electron chi connectivity index (χ4n) is 3.70. The monoisotopic (exact) mass is 538 g/mol. The molecule has 0 radical (unpaired) electrons. The van der Waals surface area contributed by atoms with Crippen LogP contribution in [0.15, 0.2) is 76.2 Å². The first kappa shape index (κ1) is 24.0. The van der Waals surface area contributed by atoms with E-state index < -0.39 is 6.04 Å². The maximum absolute atomic E-state index is 13.1. The lowest BCUT2D eigenvalue weighted by molar-refractivity contribution is -0.117. The molecule has 3 amide bonds. The predicted molar refractivity (Wildman–Crippen MR) is 141 cm³/mol. The van der Waals surface area contributed by atoms with Crippen molar-refractivity contribution < 1.29 is 9.59 Å². The maximum Gasteiger partial charge on any atom is 0.319 e. The number of carbonyl (C=O) groups is 2. The lowest BCUT2D eigenvalue weighted by atomic mass is 10.00. The van der Waals surface area contributed by atoms with E-state index in [1.165, 1.54) is 0 Å². The van der Waals surface area contributed by atoms with Crippen LogP contribution < -0.4 is 16.0 Å². The average Bonchev–Trinajstić information content (AvgIpc) is 2.92. The smallest absolute Gasteiger partial charge is 0.319 e. The molecule has 0 spiro atoms. The highest BCUT2D eigenvalue weighted by atomic mass is 79.9. The number of benzodiazepines with no additional fused rings is 1. The Labute approximate surface area is 211 Å². The Morgan fingerprint density at radius 3 is 2.56 bits per heavy atom. The second-order valence-electron chi connectivity index (χ2n) is 8.30. The fraction of sp³-hybridized carbons (Fsp3) is 0.192. The van der Waals surface area contributed by atoms with Gasteiger partial charge in [0.1, 0.15) is 6.04 Å². The molecule has 8 heteroatoms. The van der Waals surface area contributed by atoms with E-state index >= 15 is 0 Å². The molecule has 1 heterocycles. The molecule has 3 N–H and O–H groups in total. The second-order valence-corrected chi connectivity index (χ2v) is 9.59. The van der Waals surface area contributed by atoms with Crippen molar-refractivity contribution in [2.24, 2.45) is 4.99 Å². The molecule has 3 aromatic carbocycles. The van der Waals surface area contributed by atoms with Crippen LogP contribution in [-0.2, 0) is 11.2 Å². The highest BCUT2D eigenvalue weighted by Crippen LogP contribution is 2.29. The van der Waals surface area contributed by atoms with E-state index in [0.717, 1.165) is 21.2 Å². The number of hydrogen-bond donors (Lipinski definition) is 3. The number of halogens is 2. The fourth-order valence-corrected chi connectivity index (χ4v) is 4.32. The number of carbonyl (C=O) groups excluding carboxylic acids is 2. The van der Waals surface area contributed by atoms with Crippen LogP contribution in [0, 0.1) is 0 Å². The number of fused-ring (bicyclic) bond motifs is 1. The van der Waals surface area contributed by atoms with Gasteiger partial charge in [-0.1, -0.05) is 57.9 Å². The van der Waals surface area contributed by atoms with Crippen molar-refractivity contribution in [1.29, 1.82) is 0 Å². The van der Waals surface area contributed by atoms with Crippen LogP contribution in [0.25, 0.3) is 0 Å². The van der Waals surface area contributed by atoms with Gasteiger partial charge in [0.25, 0.3) is 0 Å². The number of nitrogens with one attached hydrogen (secondary N) is 3. The van der Waals surface area contributed by atoms with Crippen molar-refractivity contribution in [2.75, 3.05) is 10.6 Å². The second kappa shape index (κ2) is 10.4. The van der Waals surface area contributed by atoms with Crippen LogP contribution in [0.3, 0.4) is 0 Å². The van der Waals surface area contributed by atoms with Gasteiger partial charge in [-0.05, 0) is 55.8 Å². The van der Waals surface area contributed by atoms with Gasteiger partial charge in [0.05, 0.1) is 11.4 Å². The molecule has 1 aliphatic rings. The first-order chi connectivity index (χ1) is 16.3. The summed E-state index contributed by atoms with van der Waals surface area (Å²) in [5, 5.41) is 9.16. The van der Waals surface area contributed by atoms with Crippen molar-refractivity contribution in [2.45, 2.75) is 32.4 Å². The molecule has 0 aliphatic carbocycles. The first-order valence-corrected chi connectivity index (χ1v) is 12.1. The van der Waals surface area contributed by atoms with Crippen LogP contribution in [0.4, 0.5) is 16.2 Å². The van der Waals surface area contributed by atoms with Gasteiger partial charge in [-0.3, -0.25) is 9.79 Å². The van der Waals surface area contributed by atoms with E-state index in [-0.39, 0.29) is 18.0 Å². The van der Waals surface area contributed by atoms with Crippen LogP contribution in [0.5, 0.6) is 0 Å². The molecule has 3 aromatic rings. The predicted octanol–water partition coefficient (Wildman–Crippen LogP) is 6.03. The minimum atomic E-state index is -0.630. The quantitative estimate of drug-likeness (QED) is 0.370. The number of rotatable bonds is 5. The van der Waals surface area contributed by atoms with Gasteiger partial charge in [0, 0.05) is 38.8 Å². The Hall–Kier alpha value is -3.16. The highest BCUT2D eigenvalue weighted by molar-refractivity contribution is 9.10. The summed E-state index contributed by atoms with van der Waals surface area (Å²) < 4.78 is 0.930. The number of urea groups is 1. The van der Waals surface area contributed by atoms with E-state index in [2.05, 4.69) is 31.9 Å². The van der Waals surface area contributed by atoms with Crippen LogP contribution in [0.1, 0.15) is 30.5 Å². The number of anilines is 2. The Morgan fingerprint density at radius 1 is 1.12 bits per heavy atom. The molecule has 0 saturated heterocycles. The third kappa shape index (κ3) is 5.66. The SMILES string of the molecule is CC(C)NC(=O)Nc1ccc(C2=NC(Cc3ccccc3Br)C(=O)Nc3ccc(Cl)cc32)cc1. The van der Waals surface area contributed by atoms with Gasteiger partial charge >= 0.3 is 6.03 Å². The van der Waals surface area contributed by atoms with Crippen molar-refractivity contribution >= 4 is 56.6 Å². The number of benzene rings is 3. The van der Waals surface area contributed by atoms with E-state index in [4.69, 9.17) is 16.6 Å². The normalized spacial score (nSPS) is 15.1. The minimum Gasteiger partial charge on any atom is -0.336 e. The first-order valence-electron chi connectivity index (χ1n) is 10.9. The van der Waals surface area contributed by atoms with Crippen molar-refractivity contribution in [3.05, 3.63) is 92.9 Å². The largest absolute Gasteiger partial charge is 0.336 e. The molecule has 0 aromatic heterocycles. The summed E-state index contributed by atoms with van der Waals surface area (Å²) in [7, 11) is 0. The lowest BCUT2D eigenvalue weighted by Gasteiger charge is -2.13. The van der Waals surface area contributed by atoms with Gasteiger partial charge in [0.2, 0.25) is 5.91 Å². The van der Waals surface area contributed by atoms with Gasteiger partial charge < -0.3 is 16.0 Å². The summed E-state index contributed by atoms with van der Waals surface area (Å²) in [6.45, 7) is 3.80. The van der Waals surface area contributed by atoms with Gasteiger partial charge in [0.15, 0.2) is 0 Å². The van der Waals surface area contributed by atoms with Crippen molar-refractivity contribution in [1.82, 2.24) is 5.32 Å². The third-order valence-corrected chi connectivity index (χ3v) is 6.30. The van der Waals surface area contributed by atoms with E-state index in [1.807, 2.05) is 62.4 Å². The molecule has 1 aliphatic heterocycles. The molecule has 34 heavy (non-hydrogen) atoms. The van der Waals surface area contributed by atoms with Crippen LogP contribution in [0.2, 0.25) is 5.02 Å². The zero-order valence-corrected chi connectivity index (χ0v) is 21.1. The van der Waals surface area contributed by atoms with E-state index in [9.17, 15) is 9.59 Å². The van der Waals surface area contributed by atoms with Gasteiger partial charge in [-0.2, -0.15) is 0 Å². The standard InChI is InChI=1S/C26H24BrClN4O2/c1-15(2)29-26(34)30-19-10-7-16(8-11-19)24-20-14-18(28)9-12-22(20)32-25(33)23(31-24)13-17-5-3-4-6-21(17)27/h3-12,14-15,23H,13H2,1-2H3,(H,32,33)(H2,29,30,34). The Kier molecular flexibility index (Phi) is 7.34. The molecular weight excluding hydrogens is 516 g/mol. The molecule has 174 valence electrons. The Morgan fingerprint density at radius 2 is 1.85 bits per heavy atom. The number of nitrogens with zero attached hydrogens (tertiary/aromatic N) is 1. The minimum absolute atomic E-state index is 0.0347. The number of hydrogen-bond acceptors (Lipinski definition) is 3. The van der Waals surface area contributed by atoms with E-state index in [1.54, 1.807) is 18.2 Å². The maximum atomic E-state index is 13.1. The molecule has 0 saturated carbocycles. The highest BCUT2D eigenvalue weighted by Gasteiger charge is 2.27. The average molecular weight is 540 g/mol. The van der Waals surface area contributed by atoms with E-state index in [0.29, 0.717) is 28.5 Å². The summed E-state index contributed by atoms with van der Waals surface area (Å²) in [4.78, 5) is 30.0. The zero-order chi connectivity index (χ0) is 24.2. The summed E-state index contributed by atoms with van der Waals surface area (Å²) in [6.07, 6.45) is 0.438. The molecule has 0 bridgehead atoms. The summed E-state index contributed by atoms with van der Waals surface area (Å²) in [6, 6.07) is 19.6. The summed E-state index contributed by atoms with van der Waals surface area (Å²) in [5.41, 5.74) is 4.51. The third-order valence-electron chi connectivity index (χ3n) is 5.29. The van der Waals surface area contributed by atoms with Crippen molar-refractivity contribution in [3.63, 3.8) is 0 Å². The van der Waals surface area contributed by atoms with Gasteiger partial charge in [-0.25, -0.2) is 4.79 Å². The molecule has 0 fully saturated rings. The summed E-state index contributed by atoms with van der Waals surface area (Å²) >= 11 is 9.87. The van der Waals surface area contributed by atoms with Gasteiger partial charge in [-0.15, -0.1) is 0 Å². The molecule has 1 atom stereocenters. The lowest BCUT2D eigenvalue weighted by Crippen LogP contribution is -2.34. The van der Waals surface area contributed by atoms with Crippen LogP contribution in [-0.4, -0.2) is 29.7 Å². The Bertz CT molecular complexity index is 1260. The summed E-state index contributed by atoms with van der Waals surface area (Å²) in [5.74, 6) is -0.182.